The summed E-state index contributed by atoms with van der Waals surface area (Å²) in [6.45, 7) is -0.417. The number of hydrogen-bond donors (Lipinski definition) is 0. The van der Waals surface area contributed by atoms with Crippen molar-refractivity contribution in [3.63, 3.8) is 0 Å². The summed E-state index contributed by atoms with van der Waals surface area (Å²) in [5, 5.41) is 0.821. The first-order chi connectivity index (χ1) is 16.0. The quantitative estimate of drug-likeness (QED) is 0.350. The maximum Gasteiger partial charge on any atom is 0.349 e. The molecule has 0 saturated carbocycles. The fraction of sp³-hybridized carbons (Fsp3) is 0.120. The highest BCUT2D eigenvalue weighted by molar-refractivity contribution is 6.30. The van der Waals surface area contributed by atoms with E-state index in [0.717, 1.165) is 0 Å². The predicted octanol–water partition coefficient (Wildman–Crippen LogP) is 5.12. The number of para-hydroxylation sites is 1. The minimum absolute atomic E-state index is 0.0829. The van der Waals surface area contributed by atoms with E-state index in [9.17, 15) is 9.59 Å². The average Bonchev–Trinajstić information content (AvgIpc) is 2.85. The van der Waals surface area contributed by atoms with E-state index in [1.54, 1.807) is 66.7 Å². The molecule has 8 heteroatoms. The second kappa shape index (κ2) is 9.67. The van der Waals surface area contributed by atoms with Gasteiger partial charge in [-0.05, 0) is 54.6 Å². The maximum atomic E-state index is 13.2. The molecule has 4 rings (SSSR count). The SMILES string of the molecule is COc1ccc(-c2oc3ccccc3c(=O)c2OC(=O)COc2ccc(Cl)cc2)cc1OC. The number of benzene rings is 3. The maximum absolute atomic E-state index is 13.2. The van der Waals surface area contributed by atoms with Crippen LogP contribution in [0.5, 0.6) is 23.0 Å². The lowest BCUT2D eigenvalue weighted by Gasteiger charge is -2.13. The lowest BCUT2D eigenvalue weighted by Crippen LogP contribution is -2.21. The number of halogens is 1. The first-order valence-corrected chi connectivity index (χ1v) is 10.2. The fourth-order valence-corrected chi connectivity index (χ4v) is 3.33. The molecule has 3 aromatic carbocycles. The standard InChI is InChI=1S/C25H19ClO7/c1-29-20-12-7-15(13-21(20)30-2)24-25(23(28)18-5-3-4-6-19(18)32-24)33-22(27)14-31-17-10-8-16(26)9-11-17/h3-13H,14H2,1-2H3. The number of ether oxygens (including phenoxy) is 4. The van der Waals surface area contributed by atoms with Gasteiger partial charge in [-0.2, -0.15) is 0 Å². The summed E-state index contributed by atoms with van der Waals surface area (Å²) in [7, 11) is 3.01. The van der Waals surface area contributed by atoms with Gasteiger partial charge in [0.05, 0.1) is 19.6 Å². The molecule has 0 fully saturated rings. The summed E-state index contributed by atoms with van der Waals surface area (Å²) >= 11 is 5.85. The number of esters is 1. The van der Waals surface area contributed by atoms with Crippen molar-refractivity contribution in [1.82, 2.24) is 0 Å². The van der Waals surface area contributed by atoms with Gasteiger partial charge in [-0.3, -0.25) is 4.79 Å². The number of carbonyl (C=O) groups is 1. The van der Waals surface area contributed by atoms with Crippen molar-refractivity contribution in [3.05, 3.63) is 82.0 Å². The summed E-state index contributed by atoms with van der Waals surface area (Å²) in [5.41, 5.74) is 0.336. The summed E-state index contributed by atoms with van der Waals surface area (Å²) in [5.74, 6) is 0.426. The predicted molar refractivity (Wildman–Crippen MR) is 124 cm³/mol. The van der Waals surface area contributed by atoms with Gasteiger partial charge in [0.1, 0.15) is 11.3 Å². The summed E-state index contributed by atoms with van der Waals surface area (Å²) in [6.07, 6.45) is 0. The minimum Gasteiger partial charge on any atom is -0.493 e. The van der Waals surface area contributed by atoms with Gasteiger partial charge in [0.2, 0.25) is 11.2 Å². The molecular formula is C25H19ClO7. The van der Waals surface area contributed by atoms with Gasteiger partial charge in [-0.1, -0.05) is 23.7 Å². The summed E-state index contributed by atoms with van der Waals surface area (Å²) < 4.78 is 27.5. The summed E-state index contributed by atoms with van der Waals surface area (Å²) in [4.78, 5) is 25.7. The fourth-order valence-electron chi connectivity index (χ4n) is 3.20. The Kier molecular flexibility index (Phi) is 6.51. The Morgan fingerprint density at radius 2 is 1.67 bits per heavy atom. The van der Waals surface area contributed by atoms with Gasteiger partial charge < -0.3 is 23.4 Å². The highest BCUT2D eigenvalue weighted by Crippen LogP contribution is 2.36. The Hall–Kier alpha value is -3.97. The van der Waals surface area contributed by atoms with Crippen LogP contribution in [0.4, 0.5) is 0 Å². The van der Waals surface area contributed by atoms with E-state index in [-0.39, 0.29) is 16.9 Å². The molecule has 0 radical (unpaired) electrons. The van der Waals surface area contributed by atoms with Crippen molar-refractivity contribution in [3.8, 4) is 34.3 Å². The molecule has 1 aromatic heterocycles. The van der Waals surface area contributed by atoms with Crippen LogP contribution in [0.1, 0.15) is 0 Å². The normalized spacial score (nSPS) is 10.6. The van der Waals surface area contributed by atoms with Crippen LogP contribution in [0.15, 0.2) is 75.9 Å². The molecule has 0 N–H and O–H groups in total. The van der Waals surface area contributed by atoms with E-state index in [4.69, 9.17) is 35.0 Å². The third-order valence-electron chi connectivity index (χ3n) is 4.79. The number of fused-ring (bicyclic) bond motifs is 1. The topological polar surface area (TPSA) is 84.2 Å². The molecule has 0 amide bonds. The molecule has 1 heterocycles. The number of carbonyl (C=O) groups excluding carboxylic acids is 1. The highest BCUT2D eigenvalue weighted by Gasteiger charge is 2.22. The van der Waals surface area contributed by atoms with Crippen LogP contribution in [0.2, 0.25) is 5.02 Å². The van der Waals surface area contributed by atoms with E-state index in [1.807, 2.05) is 0 Å². The molecule has 0 saturated heterocycles. The van der Waals surface area contributed by atoms with Crippen molar-refractivity contribution in [2.45, 2.75) is 0 Å². The smallest absolute Gasteiger partial charge is 0.349 e. The number of methoxy groups -OCH3 is 2. The minimum atomic E-state index is -0.769. The Labute approximate surface area is 194 Å². The van der Waals surface area contributed by atoms with Crippen molar-refractivity contribution >= 4 is 28.5 Å². The third-order valence-corrected chi connectivity index (χ3v) is 5.04. The van der Waals surface area contributed by atoms with Gasteiger partial charge >= 0.3 is 5.97 Å². The monoisotopic (exact) mass is 466 g/mol. The van der Waals surface area contributed by atoms with Crippen molar-refractivity contribution in [2.24, 2.45) is 0 Å². The van der Waals surface area contributed by atoms with Crippen LogP contribution in [-0.4, -0.2) is 26.8 Å². The van der Waals surface area contributed by atoms with Gasteiger partial charge in [0.15, 0.2) is 23.9 Å². The van der Waals surface area contributed by atoms with E-state index in [2.05, 4.69) is 0 Å². The average molecular weight is 467 g/mol. The first-order valence-electron chi connectivity index (χ1n) is 9.87. The van der Waals surface area contributed by atoms with E-state index in [1.165, 1.54) is 14.2 Å². The van der Waals surface area contributed by atoms with E-state index in [0.29, 0.717) is 33.4 Å². The van der Waals surface area contributed by atoms with Crippen molar-refractivity contribution < 1.29 is 28.2 Å². The van der Waals surface area contributed by atoms with Crippen LogP contribution in [0.25, 0.3) is 22.3 Å². The Morgan fingerprint density at radius 3 is 2.39 bits per heavy atom. The summed E-state index contributed by atoms with van der Waals surface area (Å²) in [6, 6.07) is 18.2. The van der Waals surface area contributed by atoms with Crippen LogP contribution < -0.4 is 24.4 Å². The zero-order valence-electron chi connectivity index (χ0n) is 17.8. The molecule has 4 aromatic rings. The van der Waals surface area contributed by atoms with E-state index >= 15 is 0 Å². The van der Waals surface area contributed by atoms with Gasteiger partial charge in [-0.15, -0.1) is 0 Å². The molecule has 0 atom stereocenters. The molecule has 0 aliphatic carbocycles. The molecule has 0 bridgehead atoms. The van der Waals surface area contributed by atoms with Crippen LogP contribution in [0, 0.1) is 0 Å². The Bertz CT molecular complexity index is 1360. The molecule has 7 nitrogen and oxygen atoms in total. The van der Waals surface area contributed by atoms with E-state index < -0.39 is 18.0 Å². The van der Waals surface area contributed by atoms with Crippen molar-refractivity contribution in [2.75, 3.05) is 20.8 Å². The van der Waals surface area contributed by atoms with Crippen LogP contribution in [-0.2, 0) is 4.79 Å². The molecule has 0 aliphatic heterocycles. The molecular weight excluding hydrogens is 448 g/mol. The van der Waals surface area contributed by atoms with Gasteiger partial charge in [0, 0.05) is 10.6 Å². The van der Waals surface area contributed by atoms with Crippen molar-refractivity contribution in [1.29, 1.82) is 0 Å². The largest absolute Gasteiger partial charge is 0.493 e. The zero-order chi connectivity index (χ0) is 23.4. The first kappa shape index (κ1) is 22.2. The Balaban J connectivity index is 1.71. The number of hydrogen-bond acceptors (Lipinski definition) is 7. The van der Waals surface area contributed by atoms with Gasteiger partial charge in [0.25, 0.3) is 0 Å². The Morgan fingerprint density at radius 1 is 0.939 bits per heavy atom. The third kappa shape index (κ3) is 4.78. The molecule has 168 valence electrons. The van der Waals surface area contributed by atoms with Crippen LogP contribution >= 0.6 is 11.6 Å². The molecule has 0 aliphatic rings. The van der Waals surface area contributed by atoms with Gasteiger partial charge in [-0.25, -0.2) is 4.79 Å². The van der Waals surface area contributed by atoms with Crippen LogP contribution in [0.3, 0.4) is 0 Å². The number of rotatable bonds is 7. The molecule has 0 spiro atoms. The highest BCUT2D eigenvalue weighted by atomic mass is 35.5. The second-order valence-corrected chi connectivity index (χ2v) is 7.31. The molecule has 0 unspecified atom stereocenters. The zero-order valence-corrected chi connectivity index (χ0v) is 18.5. The second-order valence-electron chi connectivity index (χ2n) is 6.87. The lowest BCUT2D eigenvalue weighted by atomic mass is 10.1. The lowest BCUT2D eigenvalue weighted by molar-refractivity contribution is -0.136. The molecule has 33 heavy (non-hydrogen) atoms.